The lowest BCUT2D eigenvalue weighted by Gasteiger charge is -2.17. The third kappa shape index (κ3) is 1.53. The molecule has 0 fully saturated rings. The molecule has 1 aliphatic heterocycles. The molecule has 0 saturated heterocycles. The van der Waals surface area contributed by atoms with Crippen LogP contribution in [0.25, 0.3) is 0 Å². The van der Waals surface area contributed by atoms with E-state index in [-0.39, 0.29) is 12.4 Å². The minimum Gasteiger partial charge on any atom is -0.486 e. The highest BCUT2D eigenvalue weighted by Crippen LogP contribution is 2.29. The standard InChI is InChI=1S/C7H8N2O2.ClH/c8-7-3-5-6(4-9-7)11-2-1-10-5;/h3-4H,1-2H2,(H2,8,9);1H. The SMILES string of the molecule is Cl.Nc1cc2c(cn1)OCCO2. The molecule has 0 radical (unpaired) electrons. The summed E-state index contributed by atoms with van der Waals surface area (Å²) in [5, 5.41) is 0. The molecule has 1 aromatic rings. The quantitative estimate of drug-likeness (QED) is 0.656. The summed E-state index contributed by atoms with van der Waals surface area (Å²) < 4.78 is 10.5. The van der Waals surface area contributed by atoms with E-state index in [1.54, 1.807) is 12.3 Å². The Morgan fingerprint density at radius 3 is 2.67 bits per heavy atom. The molecule has 0 aliphatic carbocycles. The van der Waals surface area contributed by atoms with E-state index in [2.05, 4.69) is 4.98 Å². The predicted molar refractivity (Wildman–Crippen MR) is 46.9 cm³/mol. The van der Waals surface area contributed by atoms with Crippen LogP contribution < -0.4 is 15.2 Å². The van der Waals surface area contributed by atoms with Crippen LogP contribution in [0.4, 0.5) is 5.82 Å². The normalized spacial score (nSPS) is 13.3. The third-order valence-electron chi connectivity index (χ3n) is 1.45. The van der Waals surface area contributed by atoms with Crippen molar-refractivity contribution < 1.29 is 9.47 Å². The molecule has 4 nitrogen and oxygen atoms in total. The summed E-state index contributed by atoms with van der Waals surface area (Å²) in [6.07, 6.45) is 1.57. The number of nitrogens with zero attached hydrogens (tertiary/aromatic N) is 1. The Bertz CT molecular complexity index is 280. The molecule has 5 heteroatoms. The van der Waals surface area contributed by atoms with Crippen molar-refractivity contribution in [2.24, 2.45) is 0 Å². The van der Waals surface area contributed by atoms with Gasteiger partial charge in [0.15, 0.2) is 11.5 Å². The number of halogens is 1. The van der Waals surface area contributed by atoms with Crippen molar-refractivity contribution in [3.05, 3.63) is 12.3 Å². The second kappa shape index (κ2) is 3.49. The van der Waals surface area contributed by atoms with Crippen molar-refractivity contribution in [1.29, 1.82) is 0 Å². The van der Waals surface area contributed by atoms with Gasteiger partial charge < -0.3 is 15.2 Å². The van der Waals surface area contributed by atoms with Crippen molar-refractivity contribution in [3.63, 3.8) is 0 Å². The Morgan fingerprint density at radius 1 is 1.25 bits per heavy atom. The fourth-order valence-corrected chi connectivity index (χ4v) is 0.964. The van der Waals surface area contributed by atoms with E-state index in [0.29, 0.717) is 30.5 Å². The van der Waals surface area contributed by atoms with Crippen molar-refractivity contribution in [2.45, 2.75) is 0 Å². The number of ether oxygens (including phenoxy) is 2. The Balaban J connectivity index is 0.000000720. The predicted octanol–water partition coefficient (Wildman–Crippen LogP) is 0.857. The number of nitrogens with two attached hydrogens (primary N) is 1. The summed E-state index contributed by atoms with van der Waals surface area (Å²) in [6, 6.07) is 1.66. The fourth-order valence-electron chi connectivity index (χ4n) is 0.964. The second-order valence-electron chi connectivity index (χ2n) is 2.25. The van der Waals surface area contributed by atoms with E-state index in [1.807, 2.05) is 0 Å². The number of rotatable bonds is 0. The molecule has 0 unspecified atom stereocenters. The monoisotopic (exact) mass is 188 g/mol. The number of hydrogen-bond donors (Lipinski definition) is 1. The molecule has 0 saturated carbocycles. The number of hydrogen-bond acceptors (Lipinski definition) is 4. The van der Waals surface area contributed by atoms with Crippen LogP contribution in [0.1, 0.15) is 0 Å². The summed E-state index contributed by atoms with van der Waals surface area (Å²) in [7, 11) is 0. The first-order valence-electron chi connectivity index (χ1n) is 3.37. The number of fused-ring (bicyclic) bond motifs is 1. The molecule has 2 rings (SSSR count). The van der Waals surface area contributed by atoms with Gasteiger partial charge >= 0.3 is 0 Å². The first kappa shape index (κ1) is 8.93. The van der Waals surface area contributed by atoms with E-state index in [9.17, 15) is 0 Å². The number of pyridine rings is 1. The van der Waals surface area contributed by atoms with Gasteiger partial charge in [0.2, 0.25) is 0 Å². The molecule has 1 aliphatic rings. The maximum absolute atomic E-state index is 5.44. The van der Waals surface area contributed by atoms with Crippen LogP contribution in [0.3, 0.4) is 0 Å². The zero-order valence-electron chi connectivity index (χ0n) is 6.32. The lowest BCUT2D eigenvalue weighted by molar-refractivity contribution is 0.171. The Hall–Kier alpha value is -1.16. The van der Waals surface area contributed by atoms with Gasteiger partial charge in [0, 0.05) is 6.07 Å². The maximum atomic E-state index is 5.44. The summed E-state index contributed by atoms with van der Waals surface area (Å²) in [5.74, 6) is 1.81. The highest BCUT2D eigenvalue weighted by molar-refractivity contribution is 5.85. The Morgan fingerprint density at radius 2 is 1.92 bits per heavy atom. The van der Waals surface area contributed by atoms with Gasteiger partial charge in [-0.15, -0.1) is 12.4 Å². The third-order valence-corrected chi connectivity index (χ3v) is 1.45. The van der Waals surface area contributed by atoms with Crippen molar-refractivity contribution in [2.75, 3.05) is 18.9 Å². The molecule has 0 aromatic carbocycles. The summed E-state index contributed by atoms with van der Waals surface area (Å²) in [5.41, 5.74) is 5.44. The van der Waals surface area contributed by atoms with Crippen molar-refractivity contribution in [3.8, 4) is 11.5 Å². The van der Waals surface area contributed by atoms with Crippen molar-refractivity contribution >= 4 is 18.2 Å². The first-order valence-corrected chi connectivity index (χ1v) is 3.37. The maximum Gasteiger partial charge on any atom is 0.179 e. The summed E-state index contributed by atoms with van der Waals surface area (Å²) in [4.78, 5) is 3.87. The molecule has 12 heavy (non-hydrogen) atoms. The van der Waals surface area contributed by atoms with E-state index in [0.717, 1.165) is 0 Å². The summed E-state index contributed by atoms with van der Waals surface area (Å²) in [6.45, 7) is 1.16. The van der Waals surface area contributed by atoms with Crippen LogP contribution in [0.5, 0.6) is 11.5 Å². The molecule has 66 valence electrons. The van der Waals surface area contributed by atoms with Gasteiger partial charge in [0.05, 0.1) is 6.20 Å². The topological polar surface area (TPSA) is 57.4 Å². The molecular weight excluding hydrogens is 180 g/mol. The van der Waals surface area contributed by atoms with E-state index < -0.39 is 0 Å². The van der Waals surface area contributed by atoms with Gasteiger partial charge in [0.25, 0.3) is 0 Å². The van der Waals surface area contributed by atoms with Crippen LogP contribution in [-0.2, 0) is 0 Å². The van der Waals surface area contributed by atoms with Crippen LogP contribution in [0.2, 0.25) is 0 Å². The molecule has 1 aromatic heterocycles. The Labute approximate surface area is 76.1 Å². The largest absolute Gasteiger partial charge is 0.486 e. The first-order chi connectivity index (χ1) is 5.36. The van der Waals surface area contributed by atoms with Crippen LogP contribution in [0.15, 0.2) is 12.3 Å². The minimum absolute atomic E-state index is 0. The smallest absolute Gasteiger partial charge is 0.179 e. The average molecular weight is 189 g/mol. The number of aromatic nitrogens is 1. The highest BCUT2D eigenvalue weighted by atomic mass is 35.5. The average Bonchev–Trinajstić information content (AvgIpc) is 2.04. The van der Waals surface area contributed by atoms with E-state index in [4.69, 9.17) is 15.2 Å². The fraction of sp³-hybridized carbons (Fsp3) is 0.286. The zero-order chi connectivity index (χ0) is 7.68. The highest BCUT2D eigenvalue weighted by Gasteiger charge is 2.10. The van der Waals surface area contributed by atoms with Gasteiger partial charge in [-0.05, 0) is 0 Å². The lowest BCUT2D eigenvalue weighted by atomic mass is 10.4. The van der Waals surface area contributed by atoms with Crippen LogP contribution >= 0.6 is 12.4 Å². The molecule has 2 heterocycles. The van der Waals surface area contributed by atoms with Gasteiger partial charge in [-0.2, -0.15) is 0 Å². The van der Waals surface area contributed by atoms with E-state index >= 15 is 0 Å². The van der Waals surface area contributed by atoms with Gasteiger partial charge in [-0.25, -0.2) is 4.98 Å². The molecule has 2 N–H and O–H groups in total. The zero-order valence-corrected chi connectivity index (χ0v) is 7.13. The van der Waals surface area contributed by atoms with Gasteiger partial charge in [0.1, 0.15) is 19.0 Å². The van der Waals surface area contributed by atoms with Gasteiger partial charge in [-0.3, -0.25) is 0 Å². The lowest BCUT2D eigenvalue weighted by Crippen LogP contribution is -2.15. The minimum atomic E-state index is 0. The Kier molecular flexibility index (Phi) is 2.60. The van der Waals surface area contributed by atoms with Crippen molar-refractivity contribution in [1.82, 2.24) is 4.98 Å². The van der Waals surface area contributed by atoms with E-state index in [1.165, 1.54) is 0 Å². The molecule has 0 amide bonds. The number of nitrogen functional groups attached to an aromatic ring is 1. The molecular formula is C7H9ClN2O2. The van der Waals surface area contributed by atoms with Crippen LogP contribution in [0, 0.1) is 0 Å². The van der Waals surface area contributed by atoms with Crippen LogP contribution in [-0.4, -0.2) is 18.2 Å². The second-order valence-corrected chi connectivity index (χ2v) is 2.25. The molecule has 0 atom stereocenters. The summed E-state index contributed by atoms with van der Waals surface area (Å²) >= 11 is 0. The number of anilines is 1. The molecule has 0 spiro atoms. The van der Waals surface area contributed by atoms with Gasteiger partial charge in [-0.1, -0.05) is 0 Å². The molecule has 0 bridgehead atoms.